The fourth-order valence-electron chi connectivity index (χ4n) is 4.15. The molecule has 0 radical (unpaired) electrons. The summed E-state index contributed by atoms with van der Waals surface area (Å²) in [4.78, 5) is 11.8. The van der Waals surface area contributed by atoms with Gasteiger partial charge in [-0.15, -0.1) is 0 Å². The van der Waals surface area contributed by atoms with Crippen LogP contribution in [0, 0.1) is 5.92 Å². The van der Waals surface area contributed by atoms with Gasteiger partial charge in [-0.1, -0.05) is 58.1 Å². The first-order valence-corrected chi connectivity index (χ1v) is 8.89. The molecule has 0 saturated heterocycles. The first-order valence-electron chi connectivity index (χ1n) is 8.89. The van der Waals surface area contributed by atoms with Crippen LogP contribution in [0.1, 0.15) is 87.2 Å². The lowest BCUT2D eigenvalue weighted by Crippen LogP contribution is -2.22. The largest absolute Gasteiger partial charge is 0.458 e. The van der Waals surface area contributed by atoms with Gasteiger partial charge in [-0.25, -0.2) is 0 Å². The van der Waals surface area contributed by atoms with Crippen LogP contribution in [-0.4, -0.2) is 5.97 Å². The van der Waals surface area contributed by atoms with Gasteiger partial charge in [-0.3, -0.25) is 4.79 Å². The highest BCUT2D eigenvalue weighted by Crippen LogP contribution is 2.36. The van der Waals surface area contributed by atoms with Crippen molar-refractivity contribution in [1.82, 2.24) is 0 Å². The minimum absolute atomic E-state index is 0.0815. The number of cyclic esters (lactones) is 1. The highest BCUT2D eigenvalue weighted by molar-refractivity contribution is 5.76. The lowest BCUT2D eigenvalue weighted by atomic mass is 9.81. The molecular weight excluding hydrogens is 272 g/mol. The van der Waals surface area contributed by atoms with Gasteiger partial charge in [0, 0.05) is 0 Å². The van der Waals surface area contributed by atoms with Crippen molar-refractivity contribution < 1.29 is 9.53 Å². The van der Waals surface area contributed by atoms with Crippen LogP contribution < -0.4 is 0 Å². The normalized spacial score (nSPS) is 22.5. The summed E-state index contributed by atoms with van der Waals surface area (Å²) in [6.07, 6.45) is 8.47. The first-order chi connectivity index (χ1) is 10.5. The first kappa shape index (κ1) is 15.6. The molecule has 0 amide bonds. The summed E-state index contributed by atoms with van der Waals surface area (Å²) < 4.78 is 5.45. The van der Waals surface area contributed by atoms with Gasteiger partial charge in [0.15, 0.2) is 0 Å². The van der Waals surface area contributed by atoms with E-state index in [-0.39, 0.29) is 12.1 Å². The lowest BCUT2D eigenvalue weighted by Gasteiger charge is -2.28. The standard InChI is InChI=1S/C20H28O2/c1-13(2)17-10-16(9-15-7-5-4-6-8-15)11-18-14(3)22-20(21)12-19(17)18/h10-11,13-15H,4-9,12H2,1-3H3. The molecule has 0 N–H and O–H groups in total. The Bertz CT molecular complexity index is 536. The highest BCUT2D eigenvalue weighted by atomic mass is 16.5. The van der Waals surface area contributed by atoms with Crippen molar-refractivity contribution in [3.8, 4) is 0 Å². The van der Waals surface area contributed by atoms with E-state index in [4.69, 9.17) is 4.74 Å². The monoisotopic (exact) mass is 300 g/mol. The predicted octanol–water partition coefficient (Wildman–Crippen LogP) is 5.09. The molecule has 2 heteroatoms. The Balaban J connectivity index is 1.93. The molecule has 1 fully saturated rings. The van der Waals surface area contributed by atoms with E-state index in [0.29, 0.717) is 12.3 Å². The third-order valence-corrected chi connectivity index (χ3v) is 5.32. The molecule has 3 rings (SSSR count). The van der Waals surface area contributed by atoms with E-state index < -0.39 is 0 Å². The molecule has 1 aliphatic heterocycles. The maximum absolute atomic E-state index is 11.8. The van der Waals surface area contributed by atoms with E-state index in [2.05, 4.69) is 26.0 Å². The molecule has 2 nitrogen and oxygen atoms in total. The number of carbonyl (C=O) groups excluding carboxylic acids is 1. The van der Waals surface area contributed by atoms with Gasteiger partial charge in [-0.05, 0) is 47.4 Å². The van der Waals surface area contributed by atoms with Gasteiger partial charge >= 0.3 is 5.97 Å². The number of benzene rings is 1. The van der Waals surface area contributed by atoms with E-state index in [9.17, 15) is 4.79 Å². The van der Waals surface area contributed by atoms with Crippen molar-refractivity contribution in [1.29, 1.82) is 0 Å². The number of hydrogen-bond acceptors (Lipinski definition) is 2. The Labute approximate surface area is 134 Å². The van der Waals surface area contributed by atoms with Gasteiger partial charge in [0.25, 0.3) is 0 Å². The molecule has 0 spiro atoms. The van der Waals surface area contributed by atoms with E-state index in [1.54, 1.807) is 0 Å². The second kappa shape index (κ2) is 6.44. The fraction of sp³-hybridized carbons (Fsp3) is 0.650. The second-order valence-corrected chi connectivity index (χ2v) is 7.42. The van der Waals surface area contributed by atoms with Crippen molar-refractivity contribution in [2.24, 2.45) is 5.92 Å². The molecule has 1 aromatic carbocycles. The van der Waals surface area contributed by atoms with Crippen molar-refractivity contribution in [2.45, 2.75) is 77.7 Å². The molecule has 1 saturated carbocycles. The lowest BCUT2D eigenvalue weighted by molar-refractivity contribution is -0.149. The van der Waals surface area contributed by atoms with E-state index in [1.807, 2.05) is 6.92 Å². The predicted molar refractivity (Wildman–Crippen MR) is 89.0 cm³/mol. The molecular formula is C20H28O2. The number of fused-ring (bicyclic) bond motifs is 1. The summed E-state index contributed by atoms with van der Waals surface area (Å²) in [6, 6.07) is 4.68. The smallest absolute Gasteiger partial charge is 0.310 e. The average molecular weight is 300 g/mol. The topological polar surface area (TPSA) is 26.3 Å². The Morgan fingerprint density at radius 2 is 1.91 bits per heavy atom. The summed E-state index contributed by atoms with van der Waals surface area (Å²) in [6.45, 7) is 6.46. The summed E-state index contributed by atoms with van der Waals surface area (Å²) in [7, 11) is 0. The second-order valence-electron chi connectivity index (χ2n) is 7.42. The number of hydrogen-bond donors (Lipinski definition) is 0. The molecule has 1 unspecified atom stereocenters. The Kier molecular flexibility index (Phi) is 4.56. The minimum atomic E-state index is -0.0972. The minimum Gasteiger partial charge on any atom is -0.458 e. The Morgan fingerprint density at radius 3 is 2.59 bits per heavy atom. The molecule has 0 aromatic heterocycles. The van der Waals surface area contributed by atoms with Gasteiger partial charge in [-0.2, -0.15) is 0 Å². The molecule has 0 bridgehead atoms. The highest BCUT2D eigenvalue weighted by Gasteiger charge is 2.27. The van der Waals surface area contributed by atoms with Crippen LogP contribution in [0.3, 0.4) is 0 Å². The quantitative estimate of drug-likeness (QED) is 0.726. The van der Waals surface area contributed by atoms with E-state index >= 15 is 0 Å². The third-order valence-electron chi connectivity index (χ3n) is 5.32. The molecule has 1 aliphatic carbocycles. The van der Waals surface area contributed by atoms with Crippen LogP contribution in [0.25, 0.3) is 0 Å². The molecule has 1 heterocycles. The van der Waals surface area contributed by atoms with Crippen molar-refractivity contribution >= 4 is 5.97 Å². The molecule has 2 aliphatic rings. The fourth-order valence-corrected chi connectivity index (χ4v) is 4.15. The van der Waals surface area contributed by atoms with Crippen molar-refractivity contribution in [3.63, 3.8) is 0 Å². The van der Waals surface area contributed by atoms with Crippen molar-refractivity contribution in [3.05, 3.63) is 34.4 Å². The van der Waals surface area contributed by atoms with E-state index in [0.717, 1.165) is 5.92 Å². The summed E-state index contributed by atoms with van der Waals surface area (Å²) in [5.41, 5.74) is 5.27. The zero-order valence-electron chi connectivity index (χ0n) is 14.2. The average Bonchev–Trinajstić information content (AvgIpc) is 2.48. The van der Waals surface area contributed by atoms with Crippen LogP contribution in [0.4, 0.5) is 0 Å². The third kappa shape index (κ3) is 3.21. The zero-order valence-corrected chi connectivity index (χ0v) is 14.2. The maximum atomic E-state index is 11.8. The Morgan fingerprint density at radius 1 is 1.18 bits per heavy atom. The van der Waals surface area contributed by atoms with Gasteiger partial charge in [0.2, 0.25) is 0 Å². The summed E-state index contributed by atoms with van der Waals surface area (Å²) >= 11 is 0. The number of ether oxygens (including phenoxy) is 1. The molecule has 1 aromatic rings. The van der Waals surface area contributed by atoms with Gasteiger partial charge in [0.05, 0.1) is 6.42 Å². The number of esters is 1. The molecule has 120 valence electrons. The maximum Gasteiger partial charge on any atom is 0.310 e. The van der Waals surface area contributed by atoms with E-state index in [1.165, 1.54) is 60.8 Å². The Hall–Kier alpha value is -1.31. The van der Waals surface area contributed by atoms with Crippen LogP contribution in [0.2, 0.25) is 0 Å². The van der Waals surface area contributed by atoms with Crippen LogP contribution in [0.15, 0.2) is 12.1 Å². The van der Waals surface area contributed by atoms with Crippen LogP contribution in [-0.2, 0) is 22.4 Å². The summed E-state index contributed by atoms with van der Waals surface area (Å²) in [5.74, 6) is 1.22. The van der Waals surface area contributed by atoms with Gasteiger partial charge in [0.1, 0.15) is 6.10 Å². The molecule has 22 heavy (non-hydrogen) atoms. The SMILES string of the molecule is CC(C)c1cc(CC2CCCCC2)cc2c1CC(=O)OC2C. The molecule has 1 atom stereocenters. The summed E-state index contributed by atoms with van der Waals surface area (Å²) in [5, 5.41) is 0. The number of carbonyl (C=O) groups is 1. The van der Waals surface area contributed by atoms with Gasteiger partial charge < -0.3 is 4.74 Å². The van der Waals surface area contributed by atoms with Crippen LogP contribution >= 0.6 is 0 Å². The number of rotatable bonds is 3. The van der Waals surface area contributed by atoms with Crippen LogP contribution in [0.5, 0.6) is 0 Å². The zero-order chi connectivity index (χ0) is 15.7. The van der Waals surface area contributed by atoms with Crippen molar-refractivity contribution in [2.75, 3.05) is 0 Å².